The molecular formula is C14H20O3. The molecule has 0 unspecified atom stereocenters. The van der Waals surface area contributed by atoms with Crippen LogP contribution in [-0.2, 0) is 16.1 Å². The van der Waals surface area contributed by atoms with Gasteiger partial charge >= 0.3 is 5.97 Å². The lowest BCUT2D eigenvalue weighted by atomic mass is 9.98. The van der Waals surface area contributed by atoms with Gasteiger partial charge in [0.1, 0.15) is 0 Å². The van der Waals surface area contributed by atoms with Gasteiger partial charge in [0, 0.05) is 0 Å². The van der Waals surface area contributed by atoms with E-state index in [1.54, 1.807) is 0 Å². The number of hydrogen-bond acceptors (Lipinski definition) is 2. The standard InChI is InChI=1S/C14H20O3/c1-11(2)8-13(14(15)16)10-17-9-12-6-4-3-5-7-12/h3-7,11,13H,8-10H2,1-2H3,(H,15,16)/t13-/m1/s1. The highest BCUT2D eigenvalue weighted by molar-refractivity contribution is 5.70. The average Bonchev–Trinajstić information content (AvgIpc) is 2.28. The Morgan fingerprint density at radius 2 is 1.94 bits per heavy atom. The summed E-state index contributed by atoms with van der Waals surface area (Å²) in [6, 6.07) is 9.78. The van der Waals surface area contributed by atoms with E-state index in [-0.39, 0.29) is 6.61 Å². The molecule has 0 fully saturated rings. The van der Waals surface area contributed by atoms with Crippen molar-refractivity contribution in [3.8, 4) is 0 Å². The maximum atomic E-state index is 11.0. The van der Waals surface area contributed by atoms with Gasteiger partial charge in [0.05, 0.1) is 19.1 Å². The average molecular weight is 236 g/mol. The van der Waals surface area contributed by atoms with Gasteiger partial charge in [-0.15, -0.1) is 0 Å². The van der Waals surface area contributed by atoms with Crippen LogP contribution in [0.3, 0.4) is 0 Å². The number of rotatable bonds is 7. The number of carboxylic acid groups (broad SMARTS) is 1. The van der Waals surface area contributed by atoms with E-state index in [0.29, 0.717) is 18.9 Å². The first kappa shape index (κ1) is 13.7. The van der Waals surface area contributed by atoms with E-state index >= 15 is 0 Å². The minimum atomic E-state index is -0.772. The third-order valence-corrected chi connectivity index (χ3v) is 2.54. The van der Waals surface area contributed by atoms with Crippen molar-refractivity contribution in [2.45, 2.75) is 26.9 Å². The summed E-state index contributed by atoms with van der Waals surface area (Å²) in [6.07, 6.45) is 0.657. The molecule has 0 saturated heterocycles. The van der Waals surface area contributed by atoms with Crippen molar-refractivity contribution >= 4 is 5.97 Å². The Morgan fingerprint density at radius 1 is 1.29 bits per heavy atom. The van der Waals surface area contributed by atoms with Crippen LogP contribution in [0.15, 0.2) is 30.3 Å². The molecule has 1 aromatic rings. The second kappa shape index (κ2) is 7.07. The SMILES string of the molecule is CC(C)C[C@H](COCc1ccccc1)C(=O)O. The van der Waals surface area contributed by atoms with Crippen molar-refractivity contribution in [3.63, 3.8) is 0 Å². The van der Waals surface area contributed by atoms with E-state index in [0.717, 1.165) is 5.56 Å². The van der Waals surface area contributed by atoms with Gasteiger partial charge in [0.15, 0.2) is 0 Å². The summed E-state index contributed by atoms with van der Waals surface area (Å²) in [5.41, 5.74) is 1.07. The smallest absolute Gasteiger partial charge is 0.308 e. The fraction of sp³-hybridized carbons (Fsp3) is 0.500. The van der Waals surface area contributed by atoms with E-state index in [1.807, 2.05) is 44.2 Å². The van der Waals surface area contributed by atoms with Crippen LogP contribution in [0.2, 0.25) is 0 Å². The van der Waals surface area contributed by atoms with Crippen LogP contribution in [0.25, 0.3) is 0 Å². The molecule has 0 heterocycles. The summed E-state index contributed by atoms with van der Waals surface area (Å²) in [7, 11) is 0. The van der Waals surface area contributed by atoms with Gasteiger partial charge in [0.25, 0.3) is 0 Å². The molecule has 3 nitrogen and oxygen atoms in total. The molecule has 3 heteroatoms. The molecule has 0 aromatic heterocycles. The highest BCUT2D eigenvalue weighted by Crippen LogP contribution is 2.13. The summed E-state index contributed by atoms with van der Waals surface area (Å²) >= 11 is 0. The lowest BCUT2D eigenvalue weighted by Gasteiger charge is -2.14. The first-order valence-corrected chi connectivity index (χ1v) is 5.94. The fourth-order valence-electron chi connectivity index (χ4n) is 1.70. The first-order valence-electron chi connectivity index (χ1n) is 5.94. The van der Waals surface area contributed by atoms with Crippen LogP contribution in [0, 0.1) is 11.8 Å². The Kier molecular flexibility index (Phi) is 5.70. The lowest BCUT2D eigenvalue weighted by molar-refractivity contribution is -0.144. The van der Waals surface area contributed by atoms with E-state index < -0.39 is 11.9 Å². The number of hydrogen-bond donors (Lipinski definition) is 1. The molecule has 17 heavy (non-hydrogen) atoms. The molecule has 0 amide bonds. The Labute approximate surface area is 102 Å². The van der Waals surface area contributed by atoms with Crippen molar-refractivity contribution in [1.82, 2.24) is 0 Å². The van der Waals surface area contributed by atoms with E-state index in [9.17, 15) is 4.79 Å². The highest BCUT2D eigenvalue weighted by atomic mass is 16.5. The Morgan fingerprint density at radius 3 is 2.47 bits per heavy atom. The van der Waals surface area contributed by atoms with Crippen LogP contribution in [0.1, 0.15) is 25.8 Å². The van der Waals surface area contributed by atoms with Crippen molar-refractivity contribution in [1.29, 1.82) is 0 Å². The molecule has 0 bridgehead atoms. The van der Waals surface area contributed by atoms with E-state index in [2.05, 4.69) is 0 Å². The van der Waals surface area contributed by atoms with Crippen molar-refractivity contribution < 1.29 is 14.6 Å². The van der Waals surface area contributed by atoms with Crippen molar-refractivity contribution in [2.24, 2.45) is 11.8 Å². The summed E-state index contributed by atoms with van der Waals surface area (Å²) < 4.78 is 5.46. The molecule has 1 aromatic carbocycles. The maximum Gasteiger partial charge on any atom is 0.308 e. The van der Waals surface area contributed by atoms with Crippen molar-refractivity contribution in [2.75, 3.05) is 6.61 Å². The summed E-state index contributed by atoms with van der Waals surface area (Å²) in [5, 5.41) is 9.04. The third kappa shape index (κ3) is 5.50. The summed E-state index contributed by atoms with van der Waals surface area (Å²) in [5.74, 6) is -0.804. The minimum absolute atomic E-state index is 0.280. The zero-order chi connectivity index (χ0) is 12.7. The second-order valence-corrected chi connectivity index (χ2v) is 4.67. The molecule has 0 radical (unpaired) electrons. The number of carbonyl (C=O) groups is 1. The first-order chi connectivity index (χ1) is 8.09. The molecule has 0 aliphatic carbocycles. The zero-order valence-electron chi connectivity index (χ0n) is 10.4. The zero-order valence-corrected chi connectivity index (χ0v) is 10.4. The van der Waals surface area contributed by atoms with E-state index in [4.69, 9.17) is 9.84 Å². The molecule has 1 atom stereocenters. The normalized spacial score (nSPS) is 12.6. The van der Waals surface area contributed by atoms with Gasteiger partial charge in [-0.1, -0.05) is 44.2 Å². The highest BCUT2D eigenvalue weighted by Gasteiger charge is 2.18. The van der Waals surface area contributed by atoms with Crippen LogP contribution in [0.5, 0.6) is 0 Å². The van der Waals surface area contributed by atoms with Crippen LogP contribution in [0.4, 0.5) is 0 Å². The molecular weight excluding hydrogens is 216 g/mol. The Balaban J connectivity index is 2.35. The van der Waals surface area contributed by atoms with Gasteiger partial charge in [-0.2, -0.15) is 0 Å². The second-order valence-electron chi connectivity index (χ2n) is 4.67. The summed E-state index contributed by atoms with van der Waals surface area (Å²) in [4.78, 5) is 11.0. The maximum absolute atomic E-state index is 11.0. The van der Waals surface area contributed by atoms with Gasteiger partial charge in [0.2, 0.25) is 0 Å². The van der Waals surface area contributed by atoms with Crippen LogP contribution < -0.4 is 0 Å². The predicted molar refractivity (Wildman–Crippen MR) is 66.7 cm³/mol. The number of aliphatic carboxylic acids is 1. The van der Waals surface area contributed by atoms with Gasteiger partial charge in [-0.25, -0.2) is 0 Å². The van der Waals surface area contributed by atoms with Crippen LogP contribution >= 0.6 is 0 Å². The Bertz CT molecular complexity index is 333. The van der Waals surface area contributed by atoms with Crippen LogP contribution in [-0.4, -0.2) is 17.7 Å². The van der Waals surface area contributed by atoms with Gasteiger partial charge in [-0.3, -0.25) is 4.79 Å². The number of ether oxygens (including phenoxy) is 1. The monoisotopic (exact) mass is 236 g/mol. The van der Waals surface area contributed by atoms with Crippen molar-refractivity contribution in [3.05, 3.63) is 35.9 Å². The Hall–Kier alpha value is -1.35. The largest absolute Gasteiger partial charge is 0.481 e. The lowest BCUT2D eigenvalue weighted by Crippen LogP contribution is -2.21. The van der Waals surface area contributed by atoms with Gasteiger partial charge in [-0.05, 0) is 17.9 Å². The topological polar surface area (TPSA) is 46.5 Å². The molecule has 94 valence electrons. The summed E-state index contributed by atoms with van der Waals surface area (Å²) in [6.45, 7) is 4.80. The molecule has 0 aliphatic heterocycles. The molecule has 0 aliphatic rings. The molecule has 1 rings (SSSR count). The molecule has 0 saturated carbocycles. The number of carboxylic acids is 1. The molecule has 0 spiro atoms. The number of benzene rings is 1. The minimum Gasteiger partial charge on any atom is -0.481 e. The third-order valence-electron chi connectivity index (χ3n) is 2.54. The van der Waals surface area contributed by atoms with Gasteiger partial charge < -0.3 is 9.84 Å². The van der Waals surface area contributed by atoms with E-state index in [1.165, 1.54) is 0 Å². The predicted octanol–water partition coefficient (Wildman–Crippen LogP) is 2.95. The fourth-order valence-corrected chi connectivity index (χ4v) is 1.70. The molecule has 1 N–H and O–H groups in total. The quantitative estimate of drug-likeness (QED) is 0.791.